The first-order valence-electron chi connectivity index (χ1n) is 8.58. The minimum Gasteiger partial charge on any atom is -0.373 e. The summed E-state index contributed by atoms with van der Waals surface area (Å²) in [6.45, 7) is 8.14. The van der Waals surface area contributed by atoms with Crippen LogP contribution in [-0.2, 0) is 11.8 Å². The van der Waals surface area contributed by atoms with Gasteiger partial charge in [-0.25, -0.2) is 0 Å². The van der Waals surface area contributed by atoms with E-state index in [0.717, 1.165) is 30.3 Å². The zero-order valence-corrected chi connectivity index (χ0v) is 15.6. The average Bonchev–Trinajstić information content (AvgIpc) is 3.10. The predicted molar refractivity (Wildman–Crippen MR) is 97.4 cm³/mol. The molecule has 3 atom stereocenters. The van der Waals surface area contributed by atoms with Crippen molar-refractivity contribution in [2.45, 2.75) is 39.3 Å². The Labute approximate surface area is 149 Å². The lowest BCUT2D eigenvalue weighted by Crippen LogP contribution is -2.27. The van der Waals surface area contributed by atoms with Crippen LogP contribution >= 0.6 is 11.6 Å². The number of aryl methyl sites for hydroxylation is 2. The molecule has 1 aromatic heterocycles. The molecule has 130 valence electrons. The third kappa shape index (κ3) is 3.51. The molecule has 2 heterocycles. The summed E-state index contributed by atoms with van der Waals surface area (Å²) in [4.78, 5) is 0. The predicted octanol–water partition coefficient (Wildman–Crippen LogP) is 4.12. The smallest absolute Gasteiger partial charge is 0.0901 e. The molecule has 1 aromatic carbocycles. The van der Waals surface area contributed by atoms with Crippen LogP contribution in [0.4, 0.5) is 0 Å². The lowest BCUT2D eigenvalue weighted by atomic mass is 9.93. The SMILES string of the molecule is Cc1nn(C)c(C)c1[C@@H]1OCC[C@H]1CN[C@H](C)c1ccc(Cl)cc1. The van der Waals surface area contributed by atoms with Crippen molar-refractivity contribution in [2.24, 2.45) is 13.0 Å². The lowest BCUT2D eigenvalue weighted by Gasteiger charge is -2.22. The number of nitrogens with zero attached hydrogens (tertiary/aromatic N) is 2. The van der Waals surface area contributed by atoms with Crippen LogP contribution in [0.3, 0.4) is 0 Å². The van der Waals surface area contributed by atoms with Crippen molar-refractivity contribution in [3.05, 3.63) is 51.8 Å². The minimum absolute atomic E-state index is 0.142. The molecule has 3 rings (SSSR count). The number of hydrogen-bond donors (Lipinski definition) is 1. The third-order valence-corrected chi connectivity index (χ3v) is 5.37. The van der Waals surface area contributed by atoms with Crippen molar-refractivity contribution in [1.82, 2.24) is 15.1 Å². The normalized spacial score (nSPS) is 22.0. The minimum atomic E-state index is 0.142. The highest BCUT2D eigenvalue weighted by Gasteiger charge is 2.33. The topological polar surface area (TPSA) is 39.1 Å². The maximum atomic E-state index is 6.07. The van der Waals surface area contributed by atoms with Gasteiger partial charge in [0.05, 0.1) is 11.8 Å². The first-order valence-corrected chi connectivity index (χ1v) is 8.95. The fraction of sp³-hybridized carbons (Fsp3) is 0.526. The number of ether oxygens (including phenoxy) is 1. The molecule has 0 aliphatic carbocycles. The van der Waals surface area contributed by atoms with E-state index in [0.29, 0.717) is 12.0 Å². The van der Waals surface area contributed by atoms with Crippen molar-refractivity contribution >= 4 is 11.6 Å². The number of rotatable bonds is 5. The van der Waals surface area contributed by atoms with Gasteiger partial charge in [-0.15, -0.1) is 0 Å². The number of aromatic nitrogens is 2. The zero-order chi connectivity index (χ0) is 17.3. The van der Waals surface area contributed by atoms with Crippen LogP contribution in [0.25, 0.3) is 0 Å². The Morgan fingerprint density at radius 1 is 1.33 bits per heavy atom. The fourth-order valence-corrected chi connectivity index (χ4v) is 3.69. The molecule has 24 heavy (non-hydrogen) atoms. The highest BCUT2D eigenvalue weighted by Crippen LogP contribution is 2.37. The van der Waals surface area contributed by atoms with Gasteiger partial charge in [-0.05, 0) is 44.9 Å². The Kier molecular flexibility index (Phi) is 5.28. The Morgan fingerprint density at radius 3 is 2.67 bits per heavy atom. The Hall–Kier alpha value is -1.36. The van der Waals surface area contributed by atoms with Gasteiger partial charge in [-0.1, -0.05) is 23.7 Å². The molecule has 0 bridgehead atoms. The van der Waals surface area contributed by atoms with E-state index < -0.39 is 0 Å². The summed E-state index contributed by atoms with van der Waals surface area (Å²) in [7, 11) is 2.00. The van der Waals surface area contributed by atoms with Gasteiger partial charge in [0.1, 0.15) is 0 Å². The van der Waals surface area contributed by atoms with E-state index >= 15 is 0 Å². The molecule has 1 aliphatic rings. The molecule has 0 spiro atoms. The second-order valence-electron chi connectivity index (χ2n) is 6.73. The van der Waals surface area contributed by atoms with Gasteiger partial charge < -0.3 is 10.1 Å². The Bertz CT molecular complexity index is 695. The molecule has 0 amide bonds. The van der Waals surface area contributed by atoms with E-state index in [-0.39, 0.29) is 6.10 Å². The average molecular weight is 348 g/mol. The van der Waals surface area contributed by atoms with Gasteiger partial charge in [0.15, 0.2) is 0 Å². The van der Waals surface area contributed by atoms with Crippen LogP contribution in [0.1, 0.15) is 48.0 Å². The Morgan fingerprint density at radius 2 is 2.04 bits per heavy atom. The van der Waals surface area contributed by atoms with Crippen molar-refractivity contribution < 1.29 is 4.74 Å². The second kappa shape index (κ2) is 7.26. The number of halogens is 1. The van der Waals surface area contributed by atoms with Gasteiger partial charge in [0, 0.05) is 48.4 Å². The summed E-state index contributed by atoms with van der Waals surface area (Å²) in [5.74, 6) is 0.473. The molecule has 0 unspecified atom stereocenters. The molecule has 1 fully saturated rings. The molecule has 2 aromatic rings. The Balaban J connectivity index is 1.67. The highest BCUT2D eigenvalue weighted by atomic mass is 35.5. The van der Waals surface area contributed by atoms with E-state index in [2.05, 4.69) is 43.3 Å². The number of hydrogen-bond acceptors (Lipinski definition) is 3. The van der Waals surface area contributed by atoms with Crippen LogP contribution in [0.2, 0.25) is 5.02 Å². The molecule has 1 saturated heterocycles. The lowest BCUT2D eigenvalue weighted by molar-refractivity contribution is 0.0888. The maximum Gasteiger partial charge on any atom is 0.0901 e. The molecule has 0 saturated carbocycles. The highest BCUT2D eigenvalue weighted by molar-refractivity contribution is 6.30. The summed E-state index contributed by atoms with van der Waals surface area (Å²) in [6, 6.07) is 8.34. The monoisotopic (exact) mass is 347 g/mol. The summed E-state index contributed by atoms with van der Waals surface area (Å²) in [5.41, 5.74) is 4.80. The molecule has 1 aliphatic heterocycles. The summed E-state index contributed by atoms with van der Waals surface area (Å²) >= 11 is 5.97. The van der Waals surface area contributed by atoms with E-state index in [1.54, 1.807) is 0 Å². The van der Waals surface area contributed by atoms with Crippen LogP contribution in [0.15, 0.2) is 24.3 Å². The van der Waals surface area contributed by atoms with E-state index in [4.69, 9.17) is 16.3 Å². The van der Waals surface area contributed by atoms with Crippen molar-refractivity contribution in [2.75, 3.05) is 13.2 Å². The second-order valence-corrected chi connectivity index (χ2v) is 7.17. The van der Waals surface area contributed by atoms with Crippen molar-refractivity contribution in [1.29, 1.82) is 0 Å². The van der Waals surface area contributed by atoms with E-state index in [1.165, 1.54) is 16.8 Å². The molecular weight excluding hydrogens is 322 g/mol. The summed E-state index contributed by atoms with van der Waals surface area (Å²) in [6.07, 6.45) is 1.22. The van der Waals surface area contributed by atoms with E-state index in [9.17, 15) is 0 Å². The van der Waals surface area contributed by atoms with Gasteiger partial charge in [-0.3, -0.25) is 4.68 Å². The number of nitrogens with one attached hydrogen (secondary N) is 1. The van der Waals surface area contributed by atoms with Crippen LogP contribution in [0, 0.1) is 19.8 Å². The van der Waals surface area contributed by atoms with Crippen molar-refractivity contribution in [3.63, 3.8) is 0 Å². The fourth-order valence-electron chi connectivity index (χ4n) is 3.56. The zero-order valence-electron chi connectivity index (χ0n) is 14.8. The standard InChI is InChI=1S/C19H26ClN3O/c1-12(15-5-7-17(20)8-6-15)21-11-16-9-10-24-19(16)18-13(2)22-23(4)14(18)3/h5-8,12,16,19,21H,9-11H2,1-4H3/t12-,16+,19-/m1/s1. The molecule has 4 nitrogen and oxygen atoms in total. The summed E-state index contributed by atoms with van der Waals surface area (Å²) in [5, 5.41) is 8.98. The van der Waals surface area contributed by atoms with E-state index in [1.807, 2.05) is 23.9 Å². The largest absolute Gasteiger partial charge is 0.373 e. The van der Waals surface area contributed by atoms with Gasteiger partial charge >= 0.3 is 0 Å². The molecule has 0 radical (unpaired) electrons. The van der Waals surface area contributed by atoms with Crippen LogP contribution in [0.5, 0.6) is 0 Å². The quantitative estimate of drug-likeness (QED) is 0.884. The number of benzene rings is 1. The molecule has 5 heteroatoms. The molecular formula is C19H26ClN3O. The maximum absolute atomic E-state index is 6.07. The van der Waals surface area contributed by atoms with Gasteiger partial charge in [0.2, 0.25) is 0 Å². The van der Waals surface area contributed by atoms with Crippen molar-refractivity contribution in [3.8, 4) is 0 Å². The molecule has 1 N–H and O–H groups in total. The van der Waals surface area contributed by atoms with Crippen LogP contribution < -0.4 is 5.32 Å². The summed E-state index contributed by atoms with van der Waals surface area (Å²) < 4.78 is 8.02. The van der Waals surface area contributed by atoms with Gasteiger partial charge in [-0.2, -0.15) is 5.10 Å². The first kappa shape index (κ1) is 17.5. The first-order chi connectivity index (χ1) is 11.5. The third-order valence-electron chi connectivity index (χ3n) is 5.12. The van der Waals surface area contributed by atoms with Gasteiger partial charge in [0.25, 0.3) is 0 Å². The van der Waals surface area contributed by atoms with Crippen LogP contribution in [-0.4, -0.2) is 22.9 Å².